The summed E-state index contributed by atoms with van der Waals surface area (Å²) in [6.45, 7) is 5.86. The summed E-state index contributed by atoms with van der Waals surface area (Å²) >= 11 is 1.50. The van der Waals surface area contributed by atoms with Crippen LogP contribution >= 0.6 is 11.3 Å². The van der Waals surface area contributed by atoms with Crippen molar-refractivity contribution in [1.82, 2.24) is 34.9 Å². The maximum atomic E-state index is 13.8. The summed E-state index contributed by atoms with van der Waals surface area (Å²) in [6, 6.07) is 14.0. The number of thiazole rings is 1. The van der Waals surface area contributed by atoms with Gasteiger partial charge in [0.1, 0.15) is 16.4 Å². The van der Waals surface area contributed by atoms with Crippen molar-refractivity contribution in [2.24, 2.45) is 0 Å². The van der Waals surface area contributed by atoms with E-state index in [1.54, 1.807) is 12.4 Å². The van der Waals surface area contributed by atoms with Crippen LogP contribution in [0.25, 0.3) is 32.0 Å². The average molecular weight is 496 g/mol. The van der Waals surface area contributed by atoms with E-state index in [1.165, 1.54) is 16.9 Å². The first-order valence-electron chi connectivity index (χ1n) is 11.9. The minimum atomic E-state index is -0.0417. The van der Waals surface area contributed by atoms with Gasteiger partial charge in [0.05, 0.1) is 10.4 Å². The number of aromatic nitrogens is 5. The van der Waals surface area contributed by atoms with Crippen LogP contribution in [-0.4, -0.2) is 67.0 Å². The number of nitrogens with one attached hydrogen (secondary N) is 1. The monoisotopic (exact) mass is 495 g/mol. The molecule has 36 heavy (non-hydrogen) atoms. The van der Waals surface area contributed by atoms with E-state index < -0.39 is 0 Å². The van der Waals surface area contributed by atoms with Gasteiger partial charge in [-0.25, -0.2) is 4.98 Å². The van der Waals surface area contributed by atoms with E-state index in [0.717, 1.165) is 57.2 Å². The topological polar surface area (TPSA) is 90.9 Å². The Balaban J connectivity index is 1.29. The van der Waals surface area contributed by atoms with Crippen molar-refractivity contribution < 1.29 is 4.79 Å². The molecule has 1 amide bonds. The van der Waals surface area contributed by atoms with Crippen LogP contribution in [0, 0.1) is 6.92 Å². The summed E-state index contributed by atoms with van der Waals surface area (Å²) in [4.78, 5) is 32.1. The van der Waals surface area contributed by atoms with Crippen molar-refractivity contribution in [2.45, 2.75) is 13.5 Å². The number of H-pyrrole nitrogens is 1. The molecule has 4 aromatic heterocycles. The number of aromatic amines is 1. The van der Waals surface area contributed by atoms with Crippen LogP contribution < -0.4 is 0 Å². The molecule has 1 aliphatic heterocycles. The zero-order chi connectivity index (χ0) is 24.5. The Morgan fingerprint density at radius 3 is 2.61 bits per heavy atom. The number of carbonyl (C=O) groups excluding carboxylic acids is 1. The Morgan fingerprint density at radius 2 is 1.83 bits per heavy atom. The normalized spacial score (nSPS) is 14.4. The Hall–Kier alpha value is -3.95. The highest BCUT2D eigenvalue weighted by Crippen LogP contribution is 2.38. The molecule has 1 aliphatic rings. The van der Waals surface area contributed by atoms with Gasteiger partial charge in [0, 0.05) is 68.5 Å². The molecule has 1 N–H and O–H groups in total. The molecule has 5 heterocycles. The third kappa shape index (κ3) is 4.27. The molecule has 0 spiro atoms. The molecule has 0 aliphatic carbocycles. The lowest BCUT2D eigenvalue weighted by Gasteiger charge is -2.34. The van der Waals surface area contributed by atoms with Gasteiger partial charge in [0.15, 0.2) is 0 Å². The van der Waals surface area contributed by atoms with Crippen LogP contribution in [0.2, 0.25) is 0 Å². The molecule has 5 aromatic rings. The zero-order valence-corrected chi connectivity index (χ0v) is 20.7. The quantitative estimate of drug-likeness (QED) is 0.388. The number of nitrogens with zero attached hydrogens (tertiary/aromatic N) is 6. The van der Waals surface area contributed by atoms with Gasteiger partial charge in [-0.1, -0.05) is 24.3 Å². The molecule has 8 nitrogen and oxygen atoms in total. The molecule has 0 atom stereocenters. The molecule has 0 bridgehead atoms. The van der Waals surface area contributed by atoms with Crippen LogP contribution in [0.15, 0.2) is 67.3 Å². The molecule has 6 rings (SSSR count). The maximum absolute atomic E-state index is 13.8. The van der Waals surface area contributed by atoms with Crippen LogP contribution in [0.5, 0.6) is 0 Å². The predicted octanol–water partition coefficient (Wildman–Crippen LogP) is 4.41. The third-order valence-corrected chi connectivity index (χ3v) is 7.69. The van der Waals surface area contributed by atoms with Crippen molar-refractivity contribution in [3.05, 3.63) is 84.1 Å². The Kier molecular flexibility index (Phi) is 6.00. The van der Waals surface area contributed by atoms with Gasteiger partial charge < -0.3 is 4.90 Å². The molecule has 9 heteroatoms. The largest absolute Gasteiger partial charge is 0.335 e. The molecular weight excluding hydrogens is 470 g/mol. The number of piperazine rings is 1. The van der Waals surface area contributed by atoms with Crippen LogP contribution in [0.4, 0.5) is 0 Å². The van der Waals surface area contributed by atoms with Crippen molar-refractivity contribution in [3.63, 3.8) is 0 Å². The van der Waals surface area contributed by atoms with Crippen LogP contribution in [0.1, 0.15) is 21.6 Å². The lowest BCUT2D eigenvalue weighted by molar-refractivity contribution is 0.0624. The standard InChI is InChI=1S/C27H25N7OS/c1-18-4-2-6-21-22(18)31-32-23(21)26-30-24(25(36-26)20-5-3-9-29-16-20)27(35)34-14-12-33(13-15-34)17-19-7-10-28-11-8-19/h2-11,16H,12-15,17H2,1H3,(H,31,32). The van der Waals surface area contributed by atoms with Crippen molar-refractivity contribution in [3.8, 4) is 21.1 Å². The number of para-hydroxylation sites is 1. The number of amides is 1. The first kappa shape index (κ1) is 22.5. The highest BCUT2D eigenvalue weighted by molar-refractivity contribution is 7.18. The van der Waals surface area contributed by atoms with Crippen molar-refractivity contribution in [2.75, 3.05) is 26.2 Å². The molecular formula is C27H25N7OS. The van der Waals surface area contributed by atoms with Gasteiger partial charge in [-0.3, -0.25) is 24.8 Å². The Morgan fingerprint density at radius 1 is 1.00 bits per heavy atom. The van der Waals surface area contributed by atoms with Crippen molar-refractivity contribution in [1.29, 1.82) is 0 Å². The van der Waals surface area contributed by atoms with Gasteiger partial charge >= 0.3 is 0 Å². The summed E-state index contributed by atoms with van der Waals surface area (Å²) in [6.07, 6.45) is 7.16. The van der Waals surface area contributed by atoms with E-state index in [-0.39, 0.29) is 5.91 Å². The maximum Gasteiger partial charge on any atom is 0.274 e. The summed E-state index contributed by atoms with van der Waals surface area (Å²) in [5.41, 5.74) is 5.45. The zero-order valence-electron chi connectivity index (χ0n) is 19.9. The van der Waals surface area contributed by atoms with E-state index >= 15 is 0 Å². The van der Waals surface area contributed by atoms with Gasteiger partial charge in [-0.15, -0.1) is 11.3 Å². The highest BCUT2D eigenvalue weighted by Gasteiger charge is 2.28. The second-order valence-electron chi connectivity index (χ2n) is 8.93. The predicted molar refractivity (Wildman–Crippen MR) is 141 cm³/mol. The van der Waals surface area contributed by atoms with E-state index in [2.05, 4.69) is 25.1 Å². The highest BCUT2D eigenvalue weighted by atomic mass is 32.1. The number of hydrogen-bond acceptors (Lipinski definition) is 7. The minimum Gasteiger partial charge on any atom is -0.335 e. The number of hydrogen-bond donors (Lipinski definition) is 1. The van der Waals surface area contributed by atoms with Gasteiger partial charge in [-0.2, -0.15) is 5.10 Å². The lowest BCUT2D eigenvalue weighted by atomic mass is 10.1. The van der Waals surface area contributed by atoms with Crippen LogP contribution in [0.3, 0.4) is 0 Å². The minimum absolute atomic E-state index is 0.0417. The van der Waals surface area contributed by atoms with E-state index in [9.17, 15) is 4.79 Å². The van der Waals surface area contributed by atoms with Crippen molar-refractivity contribution >= 4 is 28.1 Å². The average Bonchev–Trinajstić information content (AvgIpc) is 3.55. The van der Waals surface area contributed by atoms with Gasteiger partial charge in [0.2, 0.25) is 0 Å². The molecule has 1 aromatic carbocycles. The van der Waals surface area contributed by atoms with Gasteiger partial charge in [-0.05, 0) is 36.2 Å². The Labute approximate surface area is 212 Å². The SMILES string of the molecule is Cc1cccc2c(-c3nc(C(=O)N4CCN(Cc5ccncc5)CC4)c(-c4cccnc4)s3)[nH]nc12. The van der Waals surface area contributed by atoms with E-state index in [4.69, 9.17) is 4.98 Å². The second kappa shape index (κ2) is 9.60. The molecule has 0 radical (unpaired) electrons. The first-order chi connectivity index (χ1) is 17.7. The fourth-order valence-electron chi connectivity index (χ4n) is 4.61. The Bertz CT molecular complexity index is 1510. The van der Waals surface area contributed by atoms with E-state index in [1.807, 2.05) is 66.7 Å². The molecule has 1 fully saturated rings. The number of aryl methyl sites for hydroxylation is 1. The number of pyridine rings is 2. The number of rotatable bonds is 5. The summed E-state index contributed by atoms with van der Waals surface area (Å²) < 4.78 is 0. The van der Waals surface area contributed by atoms with Crippen LogP contribution in [-0.2, 0) is 6.54 Å². The summed E-state index contributed by atoms with van der Waals surface area (Å²) in [7, 11) is 0. The lowest BCUT2D eigenvalue weighted by Crippen LogP contribution is -2.48. The van der Waals surface area contributed by atoms with E-state index in [0.29, 0.717) is 18.8 Å². The molecule has 0 unspecified atom stereocenters. The summed E-state index contributed by atoms with van der Waals surface area (Å²) in [5.74, 6) is -0.0417. The third-order valence-electron chi connectivity index (χ3n) is 6.57. The number of fused-ring (bicyclic) bond motifs is 1. The molecule has 180 valence electrons. The molecule has 0 saturated carbocycles. The van der Waals surface area contributed by atoms with Gasteiger partial charge in [0.25, 0.3) is 5.91 Å². The fourth-order valence-corrected chi connectivity index (χ4v) is 5.67. The summed E-state index contributed by atoms with van der Waals surface area (Å²) in [5, 5.41) is 9.42. The second-order valence-corrected chi connectivity index (χ2v) is 9.93. The smallest absolute Gasteiger partial charge is 0.274 e. The first-order valence-corrected chi connectivity index (χ1v) is 12.7. The fraction of sp³-hybridized carbons (Fsp3) is 0.222. The number of carbonyl (C=O) groups is 1. The number of benzene rings is 1. The molecule has 1 saturated heterocycles.